The molecule has 0 bridgehead atoms. The summed E-state index contributed by atoms with van der Waals surface area (Å²) in [5.74, 6) is 0.850. The van der Waals surface area contributed by atoms with Gasteiger partial charge in [0, 0.05) is 19.1 Å². The summed E-state index contributed by atoms with van der Waals surface area (Å²) in [6.45, 7) is 0.748. The van der Waals surface area contributed by atoms with Gasteiger partial charge in [0.05, 0.1) is 6.54 Å². The van der Waals surface area contributed by atoms with Gasteiger partial charge in [-0.2, -0.15) is 5.10 Å². The predicted octanol–water partition coefficient (Wildman–Crippen LogP) is -0.606. The summed E-state index contributed by atoms with van der Waals surface area (Å²) < 4.78 is 1.71. The number of hydrogen-bond donors (Lipinski definition) is 2. The van der Waals surface area contributed by atoms with Crippen LogP contribution in [0.15, 0.2) is 6.33 Å². The Bertz CT molecular complexity index is 276. The molecule has 0 saturated heterocycles. The molecule has 0 aromatic carbocycles. The van der Waals surface area contributed by atoms with E-state index in [1.807, 2.05) is 7.05 Å². The first-order chi connectivity index (χ1) is 6.24. The third kappa shape index (κ3) is 2.05. The molecule has 1 aromatic rings. The Balaban J connectivity index is 1.74. The third-order valence-electron chi connectivity index (χ3n) is 2.37. The molecule has 72 valence electrons. The Hall–Kier alpha value is -0.940. The van der Waals surface area contributed by atoms with Crippen molar-refractivity contribution in [2.75, 3.05) is 0 Å². The van der Waals surface area contributed by atoms with Gasteiger partial charge in [-0.3, -0.25) is 4.68 Å². The Kier molecular flexibility index (Phi) is 2.28. The van der Waals surface area contributed by atoms with Gasteiger partial charge >= 0.3 is 0 Å². The van der Waals surface area contributed by atoms with E-state index < -0.39 is 0 Å². The highest BCUT2D eigenvalue weighted by molar-refractivity contribution is 4.90. The van der Waals surface area contributed by atoms with E-state index >= 15 is 0 Å². The van der Waals surface area contributed by atoms with Crippen LogP contribution in [0, 0.1) is 0 Å². The number of hydrogen-bond acceptors (Lipinski definition) is 4. The van der Waals surface area contributed by atoms with E-state index in [4.69, 9.17) is 5.73 Å². The quantitative estimate of drug-likeness (QED) is 0.653. The lowest BCUT2D eigenvalue weighted by Gasteiger charge is -2.32. The molecule has 0 aliphatic heterocycles. The molecule has 1 aromatic heterocycles. The molecule has 3 N–H and O–H groups in total. The molecule has 0 amide bonds. The number of rotatable bonds is 3. The van der Waals surface area contributed by atoms with Crippen LogP contribution in [-0.4, -0.2) is 26.8 Å². The second-order valence-electron chi connectivity index (χ2n) is 3.64. The van der Waals surface area contributed by atoms with Gasteiger partial charge in [-0.05, 0) is 12.8 Å². The van der Waals surface area contributed by atoms with E-state index in [1.54, 1.807) is 11.0 Å². The van der Waals surface area contributed by atoms with Crippen LogP contribution < -0.4 is 11.1 Å². The highest BCUT2D eigenvalue weighted by Gasteiger charge is 2.25. The molecule has 0 spiro atoms. The summed E-state index contributed by atoms with van der Waals surface area (Å²) >= 11 is 0. The zero-order chi connectivity index (χ0) is 9.26. The number of nitrogens with zero attached hydrogens (tertiary/aromatic N) is 3. The highest BCUT2D eigenvalue weighted by Crippen LogP contribution is 2.17. The molecule has 13 heavy (non-hydrogen) atoms. The number of nitrogens with one attached hydrogen (secondary N) is 1. The molecule has 5 nitrogen and oxygen atoms in total. The van der Waals surface area contributed by atoms with Gasteiger partial charge in [0.1, 0.15) is 6.33 Å². The van der Waals surface area contributed by atoms with E-state index in [2.05, 4.69) is 15.4 Å². The lowest BCUT2D eigenvalue weighted by molar-refractivity contribution is 0.288. The minimum Gasteiger partial charge on any atom is -0.328 e. The standard InChI is InChI=1S/C8H15N5/c1-13-5-11-8(12-13)4-10-7-2-6(9)3-7/h5-7,10H,2-4,9H2,1H3. The number of nitrogens with two attached hydrogens (primary N) is 1. The SMILES string of the molecule is Cn1cnc(CNC2CC(N)C2)n1. The van der Waals surface area contributed by atoms with Crippen molar-refractivity contribution >= 4 is 0 Å². The Morgan fingerprint density at radius 1 is 1.69 bits per heavy atom. The van der Waals surface area contributed by atoms with Crippen molar-refractivity contribution in [1.29, 1.82) is 0 Å². The van der Waals surface area contributed by atoms with Crippen molar-refractivity contribution in [3.05, 3.63) is 12.2 Å². The van der Waals surface area contributed by atoms with Gasteiger partial charge in [-0.15, -0.1) is 0 Å². The maximum atomic E-state index is 5.67. The van der Waals surface area contributed by atoms with Crippen molar-refractivity contribution in [2.45, 2.75) is 31.5 Å². The Morgan fingerprint density at radius 3 is 3.00 bits per heavy atom. The topological polar surface area (TPSA) is 68.8 Å². The van der Waals surface area contributed by atoms with Gasteiger partial charge in [0.15, 0.2) is 5.82 Å². The first kappa shape index (κ1) is 8.65. The van der Waals surface area contributed by atoms with Gasteiger partial charge < -0.3 is 11.1 Å². The predicted molar refractivity (Wildman–Crippen MR) is 48.8 cm³/mol. The molecule has 1 saturated carbocycles. The van der Waals surface area contributed by atoms with Gasteiger partial charge in [0.2, 0.25) is 0 Å². The second-order valence-corrected chi connectivity index (χ2v) is 3.64. The number of aromatic nitrogens is 3. The maximum Gasteiger partial charge on any atom is 0.164 e. The monoisotopic (exact) mass is 181 g/mol. The van der Waals surface area contributed by atoms with Crippen molar-refractivity contribution in [1.82, 2.24) is 20.1 Å². The van der Waals surface area contributed by atoms with Crippen LogP contribution in [0.1, 0.15) is 18.7 Å². The van der Waals surface area contributed by atoms with Gasteiger partial charge in [-0.25, -0.2) is 4.98 Å². The van der Waals surface area contributed by atoms with Crippen LogP contribution in [0.3, 0.4) is 0 Å². The highest BCUT2D eigenvalue weighted by atomic mass is 15.3. The minimum absolute atomic E-state index is 0.397. The lowest BCUT2D eigenvalue weighted by atomic mass is 9.88. The van der Waals surface area contributed by atoms with Crippen LogP contribution in [-0.2, 0) is 13.6 Å². The minimum atomic E-state index is 0.397. The summed E-state index contributed by atoms with van der Waals surface area (Å²) in [5.41, 5.74) is 5.67. The molecule has 0 atom stereocenters. The van der Waals surface area contributed by atoms with Crippen LogP contribution >= 0.6 is 0 Å². The van der Waals surface area contributed by atoms with E-state index in [9.17, 15) is 0 Å². The zero-order valence-corrected chi connectivity index (χ0v) is 7.77. The van der Waals surface area contributed by atoms with E-state index in [0.717, 1.165) is 25.2 Å². The summed E-state index contributed by atoms with van der Waals surface area (Å²) in [4.78, 5) is 4.12. The zero-order valence-electron chi connectivity index (χ0n) is 7.77. The molecule has 1 fully saturated rings. The molecule has 2 rings (SSSR count). The van der Waals surface area contributed by atoms with Crippen LogP contribution in [0.4, 0.5) is 0 Å². The first-order valence-electron chi connectivity index (χ1n) is 4.57. The molecule has 1 heterocycles. The second kappa shape index (κ2) is 3.43. The van der Waals surface area contributed by atoms with Gasteiger partial charge in [0.25, 0.3) is 0 Å². The fourth-order valence-corrected chi connectivity index (χ4v) is 1.53. The largest absolute Gasteiger partial charge is 0.328 e. The Labute approximate surface area is 77.3 Å². The average Bonchev–Trinajstić information content (AvgIpc) is 2.43. The summed E-state index contributed by atoms with van der Waals surface area (Å²) in [5, 5.41) is 7.53. The third-order valence-corrected chi connectivity index (χ3v) is 2.37. The molecule has 0 unspecified atom stereocenters. The van der Waals surface area contributed by atoms with Crippen LogP contribution in [0.5, 0.6) is 0 Å². The maximum absolute atomic E-state index is 5.67. The van der Waals surface area contributed by atoms with Gasteiger partial charge in [-0.1, -0.05) is 0 Å². The van der Waals surface area contributed by atoms with E-state index in [-0.39, 0.29) is 0 Å². The number of aryl methyl sites for hydroxylation is 1. The smallest absolute Gasteiger partial charge is 0.164 e. The summed E-state index contributed by atoms with van der Waals surface area (Å²) in [6.07, 6.45) is 3.86. The fourth-order valence-electron chi connectivity index (χ4n) is 1.53. The average molecular weight is 181 g/mol. The summed E-state index contributed by atoms with van der Waals surface area (Å²) in [7, 11) is 1.87. The van der Waals surface area contributed by atoms with Crippen LogP contribution in [0.25, 0.3) is 0 Å². The summed E-state index contributed by atoms with van der Waals surface area (Å²) in [6, 6.07) is 0.966. The fraction of sp³-hybridized carbons (Fsp3) is 0.750. The van der Waals surface area contributed by atoms with Crippen molar-refractivity contribution < 1.29 is 0 Å². The molecular formula is C8H15N5. The van der Waals surface area contributed by atoms with E-state index in [0.29, 0.717) is 12.1 Å². The van der Waals surface area contributed by atoms with Crippen LogP contribution in [0.2, 0.25) is 0 Å². The lowest BCUT2D eigenvalue weighted by Crippen LogP contribution is -2.48. The van der Waals surface area contributed by atoms with E-state index in [1.165, 1.54) is 0 Å². The molecule has 1 aliphatic carbocycles. The van der Waals surface area contributed by atoms with Crippen molar-refractivity contribution in [2.24, 2.45) is 12.8 Å². The molecule has 5 heteroatoms. The first-order valence-corrected chi connectivity index (χ1v) is 4.57. The van der Waals surface area contributed by atoms with Crippen molar-refractivity contribution in [3.8, 4) is 0 Å². The Morgan fingerprint density at radius 2 is 2.46 bits per heavy atom. The van der Waals surface area contributed by atoms with Crippen molar-refractivity contribution in [3.63, 3.8) is 0 Å². The molecule has 0 radical (unpaired) electrons. The molecule has 1 aliphatic rings. The normalized spacial score (nSPS) is 27.2. The molecular weight excluding hydrogens is 166 g/mol.